The Hall–Kier alpha value is -2.40. The molecule has 0 rings (SSSR count). The third kappa shape index (κ3) is 9.18. The zero-order valence-corrected chi connectivity index (χ0v) is 15.2. The summed E-state index contributed by atoms with van der Waals surface area (Å²) in [6.07, 6.45) is 2.20. The number of hydrogen-bond donors (Lipinski definition) is 6. The van der Waals surface area contributed by atoms with E-state index in [-0.39, 0.29) is 31.9 Å². The van der Waals surface area contributed by atoms with Gasteiger partial charge in [0.25, 0.3) is 0 Å². The van der Waals surface area contributed by atoms with Gasteiger partial charge in [-0.1, -0.05) is 0 Å². The van der Waals surface area contributed by atoms with Crippen molar-refractivity contribution >= 4 is 23.7 Å². The minimum Gasteiger partial charge on any atom is -0.480 e. The molecule has 0 unspecified atom stereocenters. The lowest BCUT2D eigenvalue weighted by atomic mass is 10.1. The van der Waals surface area contributed by atoms with Gasteiger partial charge in [-0.15, -0.1) is 0 Å². The van der Waals surface area contributed by atoms with Crippen LogP contribution in [0.25, 0.3) is 0 Å². The number of carboxylic acid groups (broad SMARTS) is 1. The molecule has 11 nitrogen and oxygen atoms in total. The molecule has 0 saturated carbocycles. The second-order valence-electron chi connectivity index (χ2n) is 5.86. The van der Waals surface area contributed by atoms with Crippen LogP contribution >= 0.6 is 0 Å². The summed E-state index contributed by atoms with van der Waals surface area (Å²) in [5, 5.41) is 11.9. The molecule has 150 valence electrons. The molecule has 0 aliphatic carbocycles. The summed E-state index contributed by atoms with van der Waals surface area (Å²) in [7, 11) is 1.40. The Bertz CT molecular complexity index is 494. The topological polar surface area (TPSA) is 203 Å². The summed E-state index contributed by atoms with van der Waals surface area (Å²) in [4.78, 5) is 40.8. The van der Waals surface area contributed by atoms with E-state index in [4.69, 9.17) is 22.9 Å². The molecule has 11 heteroatoms. The van der Waals surface area contributed by atoms with Gasteiger partial charge in [0.05, 0.1) is 6.54 Å². The number of hydrogen-bond acceptors (Lipinski definition) is 6. The summed E-state index contributed by atoms with van der Waals surface area (Å²) in [6, 6.07) is -1.90. The number of likely N-dealkylation sites (N-methyl/N-ethyl adjacent to an activating group) is 1. The molecule has 0 spiro atoms. The number of unbranched alkanes of at least 4 members (excludes halogenated alkanes) is 1. The van der Waals surface area contributed by atoms with E-state index in [2.05, 4.69) is 10.3 Å². The van der Waals surface area contributed by atoms with Gasteiger partial charge in [-0.2, -0.15) is 0 Å². The molecule has 0 aliphatic heterocycles. The van der Waals surface area contributed by atoms with E-state index < -0.39 is 29.9 Å². The fourth-order valence-electron chi connectivity index (χ4n) is 2.38. The van der Waals surface area contributed by atoms with Crippen LogP contribution in [0.4, 0.5) is 0 Å². The lowest BCUT2D eigenvalue weighted by molar-refractivity contribution is -0.150. The zero-order chi connectivity index (χ0) is 20.1. The molecule has 0 aromatic rings. The first-order valence-corrected chi connectivity index (χ1v) is 8.48. The van der Waals surface area contributed by atoms with Crippen molar-refractivity contribution in [3.05, 3.63) is 0 Å². The molecule has 0 heterocycles. The second kappa shape index (κ2) is 12.9. The maximum absolute atomic E-state index is 12.7. The van der Waals surface area contributed by atoms with Crippen molar-refractivity contribution in [2.45, 2.75) is 44.2 Å². The highest BCUT2D eigenvalue weighted by molar-refractivity contribution is 5.90. The van der Waals surface area contributed by atoms with Crippen LogP contribution in [-0.2, 0) is 14.4 Å². The van der Waals surface area contributed by atoms with Gasteiger partial charge in [-0.3, -0.25) is 14.6 Å². The van der Waals surface area contributed by atoms with E-state index in [0.717, 1.165) is 4.90 Å². The lowest BCUT2D eigenvalue weighted by Crippen LogP contribution is -2.53. The van der Waals surface area contributed by atoms with E-state index >= 15 is 0 Å². The van der Waals surface area contributed by atoms with Crippen molar-refractivity contribution < 1.29 is 19.5 Å². The van der Waals surface area contributed by atoms with Crippen molar-refractivity contribution in [1.29, 1.82) is 0 Å². The van der Waals surface area contributed by atoms with E-state index in [1.807, 2.05) is 0 Å². The van der Waals surface area contributed by atoms with Crippen LogP contribution < -0.4 is 28.3 Å². The Morgan fingerprint density at radius 2 is 1.77 bits per heavy atom. The van der Waals surface area contributed by atoms with Crippen molar-refractivity contribution in [2.75, 3.05) is 26.7 Å². The Morgan fingerprint density at radius 1 is 1.12 bits per heavy atom. The van der Waals surface area contributed by atoms with Crippen molar-refractivity contribution in [3.8, 4) is 0 Å². The number of carboxylic acids is 1. The van der Waals surface area contributed by atoms with Crippen molar-refractivity contribution in [1.82, 2.24) is 10.2 Å². The first-order chi connectivity index (χ1) is 12.2. The third-order valence-electron chi connectivity index (χ3n) is 3.80. The first-order valence-electron chi connectivity index (χ1n) is 8.48. The minimum absolute atomic E-state index is 0.0677. The standard InChI is InChI=1S/C15H31N7O4/c1-22(11(14(25)26)6-2-3-7-16)13(24)10(21-12(23)9-17)5-4-8-20-15(18)19/h10-11H,2-9,16-17H2,1H3,(H,21,23)(H,25,26)(H4,18,19,20)/t10-,11-/m0/s1. The number of carbonyl (C=O) groups is 3. The second-order valence-corrected chi connectivity index (χ2v) is 5.86. The fourth-order valence-corrected chi connectivity index (χ4v) is 2.38. The number of nitrogens with zero attached hydrogens (tertiary/aromatic N) is 2. The maximum atomic E-state index is 12.7. The Labute approximate surface area is 153 Å². The van der Waals surface area contributed by atoms with Crippen LogP contribution in [0, 0.1) is 0 Å². The molecular formula is C15H31N7O4. The summed E-state index contributed by atoms with van der Waals surface area (Å²) in [5.41, 5.74) is 21.2. The predicted molar refractivity (Wildman–Crippen MR) is 98.0 cm³/mol. The Kier molecular flexibility index (Phi) is 11.7. The molecule has 2 atom stereocenters. The number of guanidine groups is 1. The smallest absolute Gasteiger partial charge is 0.326 e. The maximum Gasteiger partial charge on any atom is 0.326 e. The first kappa shape index (κ1) is 23.6. The monoisotopic (exact) mass is 373 g/mol. The molecule has 0 aliphatic rings. The molecular weight excluding hydrogens is 342 g/mol. The van der Waals surface area contributed by atoms with Crippen LogP contribution in [0.15, 0.2) is 4.99 Å². The highest BCUT2D eigenvalue weighted by Crippen LogP contribution is 2.11. The molecule has 2 amide bonds. The van der Waals surface area contributed by atoms with E-state index in [0.29, 0.717) is 25.8 Å². The molecule has 10 N–H and O–H groups in total. The molecule has 0 fully saturated rings. The zero-order valence-electron chi connectivity index (χ0n) is 15.2. The van der Waals surface area contributed by atoms with Crippen LogP contribution in [-0.4, -0.2) is 72.5 Å². The van der Waals surface area contributed by atoms with Gasteiger partial charge in [0.15, 0.2) is 5.96 Å². The number of nitrogens with two attached hydrogens (primary N) is 4. The number of aliphatic imine (C=N–C) groups is 1. The minimum atomic E-state index is -1.11. The molecule has 0 aromatic heterocycles. The number of aliphatic carboxylic acids is 1. The largest absolute Gasteiger partial charge is 0.480 e. The van der Waals surface area contributed by atoms with Gasteiger partial charge in [-0.25, -0.2) is 4.79 Å². The van der Waals surface area contributed by atoms with Gasteiger partial charge in [-0.05, 0) is 38.6 Å². The SMILES string of the molecule is CN(C(=O)[C@H](CCCN=C(N)N)NC(=O)CN)[C@@H](CCCCN)C(=O)O. The summed E-state index contributed by atoms with van der Waals surface area (Å²) in [6.45, 7) is 0.456. The van der Waals surface area contributed by atoms with Crippen LogP contribution in [0.3, 0.4) is 0 Å². The fraction of sp³-hybridized carbons (Fsp3) is 0.733. The van der Waals surface area contributed by atoms with Crippen LogP contribution in [0.2, 0.25) is 0 Å². The molecule has 0 aromatic carbocycles. The Morgan fingerprint density at radius 3 is 2.27 bits per heavy atom. The highest BCUT2D eigenvalue weighted by atomic mass is 16.4. The summed E-state index contributed by atoms with van der Waals surface area (Å²) < 4.78 is 0. The van der Waals surface area contributed by atoms with E-state index in [1.165, 1.54) is 7.05 Å². The van der Waals surface area contributed by atoms with Gasteiger partial charge < -0.3 is 38.3 Å². The number of amides is 2. The Balaban J connectivity index is 5.04. The summed E-state index contributed by atoms with van der Waals surface area (Å²) in [5.74, 6) is -2.19. The highest BCUT2D eigenvalue weighted by Gasteiger charge is 2.31. The third-order valence-corrected chi connectivity index (χ3v) is 3.80. The van der Waals surface area contributed by atoms with Gasteiger partial charge in [0.2, 0.25) is 11.8 Å². The number of nitrogens with one attached hydrogen (secondary N) is 1. The average molecular weight is 373 g/mol. The predicted octanol–water partition coefficient (Wildman–Crippen LogP) is -2.48. The quantitative estimate of drug-likeness (QED) is 0.116. The number of rotatable bonds is 13. The van der Waals surface area contributed by atoms with E-state index in [9.17, 15) is 19.5 Å². The average Bonchev–Trinajstić information content (AvgIpc) is 2.59. The molecule has 0 saturated heterocycles. The van der Waals surface area contributed by atoms with E-state index in [1.54, 1.807) is 0 Å². The van der Waals surface area contributed by atoms with Crippen LogP contribution in [0.1, 0.15) is 32.1 Å². The van der Waals surface area contributed by atoms with Gasteiger partial charge in [0, 0.05) is 13.6 Å². The normalized spacial score (nSPS) is 12.7. The summed E-state index contributed by atoms with van der Waals surface area (Å²) >= 11 is 0. The molecule has 0 bridgehead atoms. The van der Waals surface area contributed by atoms with Crippen molar-refractivity contribution in [3.63, 3.8) is 0 Å². The lowest BCUT2D eigenvalue weighted by Gasteiger charge is -2.29. The molecule has 0 radical (unpaired) electrons. The van der Waals surface area contributed by atoms with Gasteiger partial charge >= 0.3 is 5.97 Å². The molecule has 26 heavy (non-hydrogen) atoms. The van der Waals surface area contributed by atoms with Crippen LogP contribution in [0.5, 0.6) is 0 Å². The van der Waals surface area contributed by atoms with Crippen molar-refractivity contribution in [2.24, 2.45) is 27.9 Å². The number of carbonyl (C=O) groups excluding carboxylic acids is 2. The van der Waals surface area contributed by atoms with Gasteiger partial charge in [0.1, 0.15) is 12.1 Å².